The summed E-state index contributed by atoms with van der Waals surface area (Å²) in [6.45, 7) is -0.293. The summed E-state index contributed by atoms with van der Waals surface area (Å²) in [7, 11) is 1.52. The Balaban J connectivity index is 2.20. The number of ether oxygens (including phenoxy) is 2. The maximum atomic E-state index is 12.4. The largest absolute Gasteiger partial charge is 0.495 e. The second-order valence-electron chi connectivity index (χ2n) is 4.41. The zero-order chi connectivity index (χ0) is 15.9. The molecule has 0 spiro atoms. The fourth-order valence-corrected chi connectivity index (χ4v) is 1.87. The summed E-state index contributed by atoms with van der Waals surface area (Å²) in [5.41, 5.74) is 5.89. The molecule has 0 unspecified atom stereocenters. The van der Waals surface area contributed by atoms with E-state index in [9.17, 15) is 9.59 Å². The van der Waals surface area contributed by atoms with E-state index < -0.39 is 5.91 Å². The molecule has 0 bridgehead atoms. The second-order valence-corrected chi connectivity index (χ2v) is 4.41. The smallest absolute Gasteiger partial charge is 0.259 e. The van der Waals surface area contributed by atoms with Gasteiger partial charge >= 0.3 is 0 Å². The van der Waals surface area contributed by atoms with Crippen molar-refractivity contribution in [1.82, 2.24) is 0 Å². The van der Waals surface area contributed by atoms with Crippen LogP contribution >= 0.6 is 0 Å². The highest BCUT2D eigenvalue weighted by molar-refractivity contribution is 6.06. The Bertz CT molecular complexity index is 685. The Morgan fingerprint density at radius 1 is 1.05 bits per heavy atom. The maximum Gasteiger partial charge on any atom is 0.259 e. The number of nitrogens with one attached hydrogen (secondary N) is 1. The number of hydrogen-bond donors (Lipinski definition) is 2. The molecular formula is C16H16N2O4. The zero-order valence-electron chi connectivity index (χ0n) is 12.0. The van der Waals surface area contributed by atoms with E-state index >= 15 is 0 Å². The normalized spacial score (nSPS) is 9.86. The molecule has 0 aliphatic rings. The number of benzene rings is 2. The first-order chi connectivity index (χ1) is 10.6. The van der Waals surface area contributed by atoms with Crippen molar-refractivity contribution in [3.63, 3.8) is 0 Å². The van der Waals surface area contributed by atoms with Crippen molar-refractivity contribution in [2.45, 2.75) is 0 Å². The Labute approximate surface area is 127 Å². The summed E-state index contributed by atoms with van der Waals surface area (Å²) in [5.74, 6) is -0.149. The quantitative estimate of drug-likeness (QED) is 0.851. The molecule has 0 atom stereocenters. The molecule has 2 rings (SSSR count). The van der Waals surface area contributed by atoms with Gasteiger partial charge < -0.3 is 20.5 Å². The average molecular weight is 300 g/mol. The Kier molecular flexibility index (Phi) is 4.98. The highest BCUT2D eigenvalue weighted by Gasteiger charge is 2.14. The first-order valence-electron chi connectivity index (χ1n) is 6.56. The van der Waals surface area contributed by atoms with Crippen LogP contribution in [0.3, 0.4) is 0 Å². The summed E-state index contributed by atoms with van der Waals surface area (Å²) in [6, 6.07) is 13.7. The SMILES string of the molecule is COc1ccccc1NC(=O)c1ccccc1OCC(N)=O. The van der Waals surface area contributed by atoms with Gasteiger partial charge in [-0.25, -0.2) is 0 Å². The molecular weight excluding hydrogens is 284 g/mol. The van der Waals surface area contributed by atoms with Gasteiger partial charge in [0.2, 0.25) is 0 Å². The minimum Gasteiger partial charge on any atom is -0.495 e. The van der Waals surface area contributed by atoms with Gasteiger partial charge in [0.05, 0.1) is 18.4 Å². The predicted octanol–water partition coefficient (Wildman–Crippen LogP) is 1.81. The van der Waals surface area contributed by atoms with Crippen molar-refractivity contribution in [1.29, 1.82) is 0 Å². The number of nitrogens with two attached hydrogens (primary N) is 1. The van der Waals surface area contributed by atoms with Crippen LogP contribution in [-0.2, 0) is 4.79 Å². The van der Waals surface area contributed by atoms with Crippen molar-refractivity contribution in [3.8, 4) is 11.5 Å². The molecule has 2 aromatic rings. The summed E-state index contributed by atoms with van der Waals surface area (Å²) in [4.78, 5) is 23.2. The third-order valence-electron chi connectivity index (χ3n) is 2.86. The molecule has 6 nitrogen and oxygen atoms in total. The van der Waals surface area contributed by atoms with Crippen molar-refractivity contribution in [3.05, 3.63) is 54.1 Å². The standard InChI is InChI=1S/C16H16N2O4/c1-21-14-9-5-3-7-12(14)18-16(20)11-6-2-4-8-13(11)22-10-15(17)19/h2-9H,10H2,1H3,(H2,17,19)(H,18,20). The number of anilines is 1. The Morgan fingerprint density at radius 2 is 1.68 bits per heavy atom. The molecule has 2 aromatic carbocycles. The molecule has 0 saturated carbocycles. The van der Waals surface area contributed by atoms with Crippen LogP contribution in [0.5, 0.6) is 11.5 Å². The van der Waals surface area contributed by atoms with Gasteiger partial charge in [-0.2, -0.15) is 0 Å². The minimum atomic E-state index is -0.611. The number of carbonyl (C=O) groups is 2. The van der Waals surface area contributed by atoms with E-state index in [0.717, 1.165) is 0 Å². The lowest BCUT2D eigenvalue weighted by atomic mass is 10.1. The van der Waals surface area contributed by atoms with Crippen molar-refractivity contribution in [2.24, 2.45) is 5.73 Å². The van der Waals surface area contributed by atoms with Gasteiger partial charge in [0.15, 0.2) is 6.61 Å². The number of rotatable bonds is 6. The molecule has 3 N–H and O–H groups in total. The number of carbonyl (C=O) groups excluding carboxylic acids is 2. The maximum absolute atomic E-state index is 12.4. The molecule has 22 heavy (non-hydrogen) atoms. The van der Waals surface area contributed by atoms with E-state index in [2.05, 4.69) is 5.32 Å². The first-order valence-corrected chi connectivity index (χ1v) is 6.56. The fourth-order valence-electron chi connectivity index (χ4n) is 1.87. The second kappa shape index (κ2) is 7.12. The molecule has 0 aliphatic carbocycles. The van der Waals surface area contributed by atoms with Crippen LogP contribution < -0.4 is 20.5 Å². The van der Waals surface area contributed by atoms with Gasteiger partial charge in [-0.15, -0.1) is 0 Å². The molecule has 114 valence electrons. The highest BCUT2D eigenvalue weighted by atomic mass is 16.5. The zero-order valence-corrected chi connectivity index (χ0v) is 12.0. The number of hydrogen-bond acceptors (Lipinski definition) is 4. The van der Waals surface area contributed by atoms with E-state index in [4.69, 9.17) is 15.2 Å². The number of amides is 2. The number of primary amides is 1. The van der Waals surface area contributed by atoms with Crippen LogP contribution in [0.2, 0.25) is 0 Å². The summed E-state index contributed by atoms with van der Waals surface area (Å²) in [5, 5.41) is 2.75. The van der Waals surface area contributed by atoms with Gasteiger partial charge in [0, 0.05) is 0 Å². The number of para-hydroxylation sites is 3. The fraction of sp³-hybridized carbons (Fsp3) is 0.125. The van der Waals surface area contributed by atoms with Crippen LogP contribution in [-0.4, -0.2) is 25.5 Å². The lowest BCUT2D eigenvalue weighted by Crippen LogP contribution is -2.21. The van der Waals surface area contributed by atoms with Gasteiger partial charge in [-0.05, 0) is 24.3 Å². The summed E-state index contributed by atoms with van der Waals surface area (Å²) < 4.78 is 10.4. The van der Waals surface area contributed by atoms with E-state index in [1.165, 1.54) is 7.11 Å². The van der Waals surface area contributed by atoms with E-state index in [0.29, 0.717) is 17.0 Å². The number of methoxy groups -OCH3 is 1. The van der Waals surface area contributed by atoms with Crippen LogP contribution in [0, 0.1) is 0 Å². The molecule has 0 heterocycles. The van der Waals surface area contributed by atoms with Crippen LogP contribution in [0.25, 0.3) is 0 Å². The van der Waals surface area contributed by atoms with Crippen LogP contribution in [0.1, 0.15) is 10.4 Å². The van der Waals surface area contributed by atoms with Crippen LogP contribution in [0.4, 0.5) is 5.69 Å². The molecule has 0 aliphatic heterocycles. The summed E-state index contributed by atoms with van der Waals surface area (Å²) in [6.07, 6.45) is 0. The summed E-state index contributed by atoms with van der Waals surface area (Å²) >= 11 is 0. The molecule has 6 heteroatoms. The minimum absolute atomic E-state index is 0.286. The van der Waals surface area contributed by atoms with E-state index in [1.54, 1.807) is 48.5 Å². The Morgan fingerprint density at radius 3 is 2.36 bits per heavy atom. The van der Waals surface area contributed by atoms with Gasteiger partial charge in [0.1, 0.15) is 11.5 Å². The van der Waals surface area contributed by atoms with E-state index in [1.807, 2.05) is 0 Å². The Hall–Kier alpha value is -3.02. The van der Waals surface area contributed by atoms with Crippen molar-refractivity contribution in [2.75, 3.05) is 19.0 Å². The average Bonchev–Trinajstić information content (AvgIpc) is 2.53. The van der Waals surface area contributed by atoms with Crippen LogP contribution in [0.15, 0.2) is 48.5 Å². The molecule has 2 amide bonds. The lowest BCUT2D eigenvalue weighted by Gasteiger charge is -2.12. The lowest BCUT2D eigenvalue weighted by molar-refractivity contribution is -0.119. The first kappa shape index (κ1) is 15.4. The molecule has 0 radical (unpaired) electrons. The highest BCUT2D eigenvalue weighted by Crippen LogP contribution is 2.25. The van der Waals surface area contributed by atoms with Crippen molar-refractivity contribution >= 4 is 17.5 Å². The van der Waals surface area contributed by atoms with Gasteiger partial charge in [-0.1, -0.05) is 24.3 Å². The third kappa shape index (κ3) is 3.76. The topological polar surface area (TPSA) is 90.7 Å². The predicted molar refractivity (Wildman–Crippen MR) is 82.1 cm³/mol. The van der Waals surface area contributed by atoms with E-state index in [-0.39, 0.29) is 18.3 Å². The van der Waals surface area contributed by atoms with Crippen molar-refractivity contribution < 1.29 is 19.1 Å². The molecule has 0 saturated heterocycles. The monoisotopic (exact) mass is 300 g/mol. The van der Waals surface area contributed by atoms with Gasteiger partial charge in [0.25, 0.3) is 11.8 Å². The third-order valence-corrected chi connectivity index (χ3v) is 2.86. The van der Waals surface area contributed by atoms with Gasteiger partial charge in [-0.3, -0.25) is 9.59 Å². The molecule has 0 aromatic heterocycles. The molecule has 0 fully saturated rings.